The number of fused-ring (bicyclic) bond motifs is 1. The Balaban J connectivity index is 1.68. The minimum absolute atomic E-state index is 0.166. The smallest absolute Gasteiger partial charge is 0.351 e. The molecule has 1 heterocycles. The second-order valence-corrected chi connectivity index (χ2v) is 7.49. The van der Waals surface area contributed by atoms with E-state index in [1.54, 1.807) is 30.3 Å². The molecule has 0 aliphatic heterocycles. The van der Waals surface area contributed by atoms with Crippen LogP contribution >= 0.6 is 15.9 Å². The van der Waals surface area contributed by atoms with Crippen molar-refractivity contribution >= 4 is 32.9 Å². The van der Waals surface area contributed by atoms with Crippen LogP contribution in [0.5, 0.6) is 17.2 Å². The molecule has 31 heavy (non-hydrogen) atoms. The van der Waals surface area contributed by atoms with Crippen molar-refractivity contribution in [1.29, 1.82) is 0 Å². The summed E-state index contributed by atoms with van der Waals surface area (Å²) in [5.41, 5.74) is 1.50. The highest BCUT2D eigenvalue weighted by atomic mass is 79.9. The van der Waals surface area contributed by atoms with Gasteiger partial charge in [0.25, 0.3) is 0 Å². The maximum absolute atomic E-state index is 12.9. The molecule has 3 aromatic carbocycles. The number of methoxy groups -OCH3 is 2. The summed E-state index contributed by atoms with van der Waals surface area (Å²) in [7, 11) is 2.92. The topological polar surface area (TPSA) is 75.0 Å². The van der Waals surface area contributed by atoms with Gasteiger partial charge < -0.3 is 18.6 Å². The first kappa shape index (κ1) is 20.7. The number of hydrogen-bond acceptors (Lipinski definition) is 6. The fraction of sp³-hybridized carbons (Fsp3) is 0.0833. The summed E-state index contributed by atoms with van der Waals surface area (Å²) in [6.45, 7) is 0. The molecule has 7 heteroatoms. The van der Waals surface area contributed by atoms with Crippen LogP contribution < -0.4 is 19.6 Å². The summed E-state index contributed by atoms with van der Waals surface area (Å²) < 4.78 is 22.6. The van der Waals surface area contributed by atoms with E-state index in [4.69, 9.17) is 18.6 Å². The van der Waals surface area contributed by atoms with Crippen LogP contribution in [-0.4, -0.2) is 20.2 Å². The molecule has 0 N–H and O–H groups in total. The molecule has 0 spiro atoms. The second kappa shape index (κ2) is 8.65. The van der Waals surface area contributed by atoms with Gasteiger partial charge in [-0.05, 0) is 42.0 Å². The third-order valence-corrected chi connectivity index (χ3v) is 5.27. The molecule has 0 atom stereocenters. The minimum atomic E-state index is -0.650. The summed E-state index contributed by atoms with van der Waals surface area (Å²) in [5, 5.41) is 0.384. The number of carbonyl (C=O) groups is 1. The van der Waals surface area contributed by atoms with E-state index in [1.165, 1.54) is 26.5 Å². The summed E-state index contributed by atoms with van der Waals surface area (Å²) in [6.07, 6.45) is 1.41. The monoisotopic (exact) mass is 480 g/mol. The zero-order chi connectivity index (χ0) is 22.0. The zero-order valence-electron chi connectivity index (χ0n) is 16.7. The van der Waals surface area contributed by atoms with E-state index < -0.39 is 5.97 Å². The molecule has 0 saturated heterocycles. The summed E-state index contributed by atoms with van der Waals surface area (Å²) in [6, 6.07) is 17.0. The quantitative estimate of drug-likeness (QED) is 0.279. The van der Waals surface area contributed by atoms with Crippen LogP contribution in [0.2, 0.25) is 0 Å². The number of benzene rings is 3. The van der Waals surface area contributed by atoms with Crippen LogP contribution in [0.25, 0.3) is 22.1 Å². The zero-order valence-corrected chi connectivity index (χ0v) is 18.3. The van der Waals surface area contributed by atoms with Crippen molar-refractivity contribution in [3.8, 4) is 28.4 Å². The number of carbonyl (C=O) groups excluding carboxylic acids is 1. The van der Waals surface area contributed by atoms with Gasteiger partial charge in [-0.1, -0.05) is 34.1 Å². The van der Waals surface area contributed by atoms with E-state index in [-0.39, 0.29) is 16.7 Å². The molecule has 6 nitrogen and oxygen atoms in total. The fourth-order valence-electron chi connectivity index (χ4n) is 3.21. The molecule has 0 saturated carbocycles. The Morgan fingerprint density at radius 3 is 2.26 bits per heavy atom. The van der Waals surface area contributed by atoms with E-state index in [9.17, 15) is 9.59 Å². The predicted molar refractivity (Wildman–Crippen MR) is 120 cm³/mol. The summed E-state index contributed by atoms with van der Waals surface area (Å²) >= 11 is 3.38. The summed E-state index contributed by atoms with van der Waals surface area (Å²) in [5.74, 6) is 0.235. The molecule has 0 aliphatic rings. The van der Waals surface area contributed by atoms with Gasteiger partial charge in [-0.25, -0.2) is 4.79 Å². The number of hydrogen-bond donors (Lipinski definition) is 0. The standard InChI is InChI=1S/C24H17BrO6/c1-28-19-4-3-5-20(29-2)22(19)24(27)31-16-10-11-17-21(12-16)30-13-18(23(17)26)14-6-8-15(25)9-7-14/h3-13H,1-2H3. The maximum atomic E-state index is 12.9. The average molecular weight is 481 g/mol. The SMILES string of the molecule is COc1cccc(OC)c1C(=O)Oc1ccc2c(=O)c(-c3ccc(Br)cc3)coc2c1. The van der Waals surface area contributed by atoms with Crippen molar-refractivity contribution in [2.75, 3.05) is 14.2 Å². The molecule has 0 amide bonds. The van der Waals surface area contributed by atoms with Crippen LogP contribution in [0.3, 0.4) is 0 Å². The molecular formula is C24H17BrO6. The molecule has 0 bridgehead atoms. The molecule has 1 aromatic heterocycles. The Morgan fingerprint density at radius 2 is 1.61 bits per heavy atom. The minimum Gasteiger partial charge on any atom is -0.496 e. The summed E-state index contributed by atoms with van der Waals surface area (Å²) in [4.78, 5) is 25.7. The van der Waals surface area contributed by atoms with Crippen LogP contribution in [0.1, 0.15) is 10.4 Å². The lowest BCUT2D eigenvalue weighted by Gasteiger charge is -2.12. The van der Waals surface area contributed by atoms with Gasteiger partial charge in [-0.2, -0.15) is 0 Å². The largest absolute Gasteiger partial charge is 0.496 e. The molecule has 4 rings (SSSR count). The highest BCUT2D eigenvalue weighted by Crippen LogP contribution is 2.30. The average Bonchev–Trinajstić information content (AvgIpc) is 2.79. The number of esters is 1. The molecule has 0 unspecified atom stereocenters. The lowest BCUT2D eigenvalue weighted by molar-refractivity contribution is 0.0727. The highest BCUT2D eigenvalue weighted by molar-refractivity contribution is 9.10. The van der Waals surface area contributed by atoms with Gasteiger partial charge in [0.05, 0.1) is 25.2 Å². The molecule has 0 aliphatic carbocycles. The van der Waals surface area contributed by atoms with Crippen molar-refractivity contribution in [3.63, 3.8) is 0 Å². The first-order chi connectivity index (χ1) is 15.0. The van der Waals surface area contributed by atoms with Crippen LogP contribution in [0.15, 0.2) is 80.6 Å². The van der Waals surface area contributed by atoms with Gasteiger partial charge in [0.1, 0.15) is 34.7 Å². The first-order valence-electron chi connectivity index (χ1n) is 9.26. The van der Waals surface area contributed by atoms with Crippen molar-refractivity contribution in [3.05, 3.63) is 87.2 Å². The van der Waals surface area contributed by atoms with Crippen molar-refractivity contribution in [1.82, 2.24) is 0 Å². The number of ether oxygens (including phenoxy) is 3. The van der Waals surface area contributed by atoms with E-state index in [0.717, 1.165) is 10.0 Å². The number of rotatable bonds is 5. The predicted octanol–water partition coefficient (Wildman–Crippen LogP) is 5.46. The molecule has 0 radical (unpaired) electrons. The van der Waals surface area contributed by atoms with Crippen molar-refractivity contribution in [2.24, 2.45) is 0 Å². The molecular weight excluding hydrogens is 464 g/mol. The van der Waals surface area contributed by atoms with Gasteiger partial charge in [-0.15, -0.1) is 0 Å². The van der Waals surface area contributed by atoms with Crippen LogP contribution in [0, 0.1) is 0 Å². The Labute approximate surface area is 186 Å². The lowest BCUT2D eigenvalue weighted by atomic mass is 10.1. The van der Waals surface area contributed by atoms with E-state index in [1.807, 2.05) is 24.3 Å². The first-order valence-corrected chi connectivity index (χ1v) is 10.1. The third kappa shape index (κ3) is 4.04. The van der Waals surface area contributed by atoms with Gasteiger partial charge in [0.15, 0.2) is 5.43 Å². The Morgan fingerprint density at radius 1 is 0.935 bits per heavy atom. The van der Waals surface area contributed by atoms with Gasteiger partial charge >= 0.3 is 5.97 Å². The highest BCUT2D eigenvalue weighted by Gasteiger charge is 2.21. The van der Waals surface area contributed by atoms with E-state index >= 15 is 0 Å². The molecule has 4 aromatic rings. The van der Waals surface area contributed by atoms with Gasteiger partial charge in [0.2, 0.25) is 0 Å². The van der Waals surface area contributed by atoms with Gasteiger partial charge in [0, 0.05) is 10.5 Å². The maximum Gasteiger partial charge on any atom is 0.351 e. The number of halogens is 1. The normalized spacial score (nSPS) is 10.7. The Bertz CT molecular complexity index is 1300. The Hall–Kier alpha value is -3.58. The van der Waals surface area contributed by atoms with Crippen LogP contribution in [-0.2, 0) is 0 Å². The van der Waals surface area contributed by atoms with Gasteiger partial charge in [-0.3, -0.25) is 4.79 Å². The molecule has 156 valence electrons. The fourth-order valence-corrected chi connectivity index (χ4v) is 3.48. The molecule has 0 fully saturated rings. The van der Waals surface area contributed by atoms with E-state index in [2.05, 4.69) is 15.9 Å². The lowest BCUT2D eigenvalue weighted by Crippen LogP contribution is -2.12. The van der Waals surface area contributed by atoms with Crippen LogP contribution in [0.4, 0.5) is 0 Å². The van der Waals surface area contributed by atoms with Crippen molar-refractivity contribution < 1.29 is 23.4 Å². The third-order valence-electron chi connectivity index (χ3n) is 4.74. The van der Waals surface area contributed by atoms with E-state index in [0.29, 0.717) is 28.0 Å². The second-order valence-electron chi connectivity index (χ2n) is 6.57. The van der Waals surface area contributed by atoms with Crippen molar-refractivity contribution in [2.45, 2.75) is 0 Å². The Kier molecular flexibility index (Phi) is 5.77.